The molecule has 1 aliphatic heterocycles. The summed E-state index contributed by atoms with van der Waals surface area (Å²) in [5.74, 6) is -1.07. The molecular formula is C20H21FN2O4S2. The van der Waals surface area contributed by atoms with Crippen LogP contribution in [-0.2, 0) is 19.4 Å². The molecular weight excluding hydrogens is 415 g/mol. The Kier molecular flexibility index (Phi) is 6.00. The van der Waals surface area contributed by atoms with Gasteiger partial charge in [-0.05, 0) is 62.7 Å². The molecule has 2 N–H and O–H groups in total. The van der Waals surface area contributed by atoms with Gasteiger partial charge in [0.05, 0.1) is 21.1 Å². The van der Waals surface area contributed by atoms with Gasteiger partial charge in [-0.1, -0.05) is 0 Å². The number of carbonyl (C=O) groups excluding carboxylic acids is 2. The van der Waals surface area contributed by atoms with Gasteiger partial charge in [-0.3, -0.25) is 9.59 Å². The molecule has 0 aliphatic carbocycles. The van der Waals surface area contributed by atoms with E-state index in [1.165, 1.54) is 49.0 Å². The molecule has 0 fully saturated rings. The Labute approximate surface area is 173 Å². The van der Waals surface area contributed by atoms with E-state index in [1.807, 2.05) is 0 Å². The lowest BCUT2D eigenvalue weighted by molar-refractivity contribution is -0.116. The van der Waals surface area contributed by atoms with Crippen LogP contribution in [-0.4, -0.2) is 30.7 Å². The molecule has 2 unspecified atom stereocenters. The Bertz CT molecular complexity index is 1090. The summed E-state index contributed by atoms with van der Waals surface area (Å²) in [6.07, 6.45) is -0.256. The molecule has 9 heteroatoms. The van der Waals surface area contributed by atoms with Crippen molar-refractivity contribution >= 4 is 44.8 Å². The van der Waals surface area contributed by atoms with Gasteiger partial charge in [0.25, 0.3) is 0 Å². The highest BCUT2D eigenvalue weighted by Gasteiger charge is 2.29. The molecule has 2 aromatic carbocycles. The van der Waals surface area contributed by atoms with Crippen LogP contribution in [0.5, 0.6) is 0 Å². The first-order chi connectivity index (χ1) is 13.6. The second kappa shape index (κ2) is 8.16. The molecule has 2 amide bonds. The highest BCUT2D eigenvalue weighted by molar-refractivity contribution is 8.01. The topological polar surface area (TPSA) is 92.3 Å². The smallest absolute Gasteiger partial charge is 0.237 e. The van der Waals surface area contributed by atoms with Gasteiger partial charge in [0.1, 0.15) is 5.82 Å². The van der Waals surface area contributed by atoms with E-state index in [2.05, 4.69) is 10.6 Å². The maximum absolute atomic E-state index is 13.2. The third-order valence-corrected chi connectivity index (χ3v) is 7.99. The Morgan fingerprint density at radius 1 is 1.28 bits per heavy atom. The minimum atomic E-state index is -3.79. The SMILES string of the molecule is Cc1cc(F)ccc1NC(=O)CC(C)S(=O)(=O)c1ccc2c(c1)NC(=O)C(C)S2. The molecule has 0 aromatic heterocycles. The van der Waals surface area contributed by atoms with Gasteiger partial charge in [-0.2, -0.15) is 0 Å². The normalized spacial score (nSPS) is 17.2. The van der Waals surface area contributed by atoms with Gasteiger partial charge in [0.2, 0.25) is 11.8 Å². The number of aryl methyl sites for hydroxylation is 1. The van der Waals surface area contributed by atoms with E-state index in [4.69, 9.17) is 0 Å². The number of thioether (sulfide) groups is 1. The zero-order chi connectivity index (χ0) is 21.3. The molecule has 0 saturated heterocycles. The number of hydrogen-bond donors (Lipinski definition) is 2. The average Bonchev–Trinajstić information content (AvgIpc) is 2.64. The van der Waals surface area contributed by atoms with E-state index >= 15 is 0 Å². The summed E-state index contributed by atoms with van der Waals surface area (Å²) < 4.78 is 39.0. The maximum atomic E-state index is 13.2. The largest absolute Gasteiger partial charge is 0.326 e. The number of halogens is 1. The number of benzene rings is 2. The molecule has 0 saturated carbocycles. The molecule has 2 atom stereocenters. The lowest BCUT2D eigenvalue weighted by atomic mass is 10.2. The summed E-state index contributed by atoms with van der Waals surface area (Å²) in [6.45, 7) is 4.89. The molecule has 0 bridgehead atoms. The van der Waals surface area contributed by atoms with Crippen molar-refractivity contribution in [3.63, 3.8) is 0 Å². The van der Waals surface area contributed by atoms with Crippen molar-refractivity contribution in [3.8, 4) is 0 Å². The van der Waals surface area contributed by atoms with Crippen LogP contribution >= 0.6 is 11.8 Å². The summed E-state index contributed by atoms with van der Waals surface area (Å²) >= 11 is 1.36. The van der Waals surface area contributed by atoms with Crippen LogP contribution in [0, 0.1) is 12.7 Å². The predicted molar refractivity (Wildman–Crippen MR) is 111 cm³/mol. The molecule has 0 spiro atoms. The summed E-state index contributed by atoms with van der Waals surface area (Å²) in [5.41, 5.74) is 1.44. The fourth-order valence-electron chi connectivity index (χ4n) is 2.94. The monoisotopic (exact) mass is 436 g/mol. The number of carbonyl (C=O) groups is 2. The van der Waals surface area contributed by atoms with Crippen LogP contribution in [0.4, 0.5) is 15.8 Å². The Balaban J connectivity index is 1.74. The van der Waals surface area contributed by atoms with E-state index in [9.17, 15) is 22.4 Å². The quantitative estimate of drug-likeness (QED) is 0.745. The van der Waals surface area contributed by atoms with Crippen molar-refractivity contribution in [1.82, 2.24) is 0 Å². The summed E-state index contributed by atoms with van der Waals surface area (Å²) in [4.78, 5) is 25.0. The van der Waals surface area contributed by atoms with Crippen LogP contribution < -0.4 is 10.6 Å². The van der Waals surface area contributed by atoms with E-state index < -0.39 is 26.8 Å². The van der Waals surface area contributed by atoms with Crippen molar-refractivity contribution in [1.29, 1.82) is 0 Å². The third kappa shape index (κ3) is 4.62. The average molecular weight is 437 g/mol. The summed E-state index contributed by atoms with van der Waals surface area (Å²) in [6, 6.07) is 8.53. The molecule has 29 heavy (non-hydrogen) atoms. The van der Waals surface area contributed by atoms with E-state index in [1.54, 1.807) is 19.9 Å². The zero-order valence-corrected chi connectivity index (χ0v) is 17.8. The minimum absolute atomic E-state index is 0.0463. The Morgan fingerprint density at radius 3 is 2.69 bits per heavy atom. The van der Waals surface area contributed by atoms with Crippen LogP contribution in [0.15, 0.2) is 46.2 Å². The molecule has 2 aromatic rings. The molecule has 154 valence electrons. The van der Waals surface area contributed by atoms with Crippen LogP contribution in [0.2, 0.25) is 0 Å². The first kappa shape index (κ1) is 21.3. The molecule has 1 heterocycles. The predicted octanol–water partition coefficient (Wildman–Crippen LogP) is 3.76. The van der Waals surface area contributed by atoms with Crippen LogP contribution in [0.1, 0.15) is 25.8 Å². The van der Waals surface area contributed by atoms with Gasteiger partial charge in [-0.25, -0.2) is 12.8 Å². The number of nitrogens with one attached hydrogen (secondary N) is 2. The van der Waals surface area contributed by atoms with Gasteiger partial charge in [-0.15, -0.1) is 11.8 Å². The molecule has 3 rings (SSSR count). The van der Waals surface area contributed by atoms with E-state index in [-0.39, 0.29) is 22.5 Å². The Morgan fingerprint density at radius 2 is 2.00 bits per heavy atom. The summed E-state index contributed by atoms with van der Waals surface area (Å²) in [7, 11) is -3.79. The number of rotatable bonds is 5. The fourth-order valence-corrected chi connectivity index (χ4v) is 5.24. The molecule has 0 radical (unpaired) electrons. The first-order valence-corrected chi connectivity index (χ1v) is 11.4. The van der Waals surface area contributed by atoms with Crippen molar-refractivity contribution in [2.24, 2.45) is 0 Å². The zero-order valence-electron chi connectivity index (χ0n) is 16.2. The fraction of sp³-hybridized carbons (Fsp3) is 0.300. The van der Waals surface area contributed by atoms with Crippen LogP contribution in [0.25, 0.3) is 0 Å². The van der Waals surface area contributed by atoms with Gasteiger partial charge in [0.15, 0.2) is 9.84 Å². The maximum Gasteiger partial charge on any atom is 0.237 e. The number of sulfone groups is 1. The lowest BCUT2D eigenvalue weighted by Crippen LogP contribution is -2.27. The highest BCUT2D eigenvalue weighted by Crippen LogP contribution is 2.37. The standard InChI is InChI=1S/C20H21FN2O4S2/c1-11-8-14(21)4-6-16(11)22-19(24)9-12(2)29(26,27)15-5-7-18-17(10-15)23-20(25)13(3)28-18/h4-8,10,12-13H,9H2,1-3H3,(H,22,24)(H,23,25). The Hall–Kier alpha value is -2.39. The second-order valence-electron chi connectivity index (χ2n) is 6.97. The van der Waals surface area contributed by atoms with Gasteiger partial charge >= 0.3 is 0 Å². The van der Waals surface area contributed by atoms with Crippen molar-refractivity contribution in [2.75, 3.05) is 10.6 Å². The number of fused-ring (bicyclic) bond motifs is 1. The van der Waals surface area contributed by atoms with Gasteiger partial charge < -0.3 is 10.6 Å². The minimum Gasteiger partial charge on any atom is -0.326 e. The van der Waals surface area contributed by atoms with Crippen molar-refractivity contribution in [2.45, 2.75) is 47.5 Å². The first-order valence-electron chi connectivity index (χ1n) is 8.99. The van der Waals surface area contributed by atoms with Crippen molar-refractivity contribution in [3.05, 3.63) is 47.8 Å². The number of anilines is 2. The molecule has 1 aliphatic rings. The van der Waals surface area contributed by atoms with E-state index in [0.29, 0.717) is 16.9 Å². The lowest BCUT2D eigenvalue weighted by Gasteiger charge is -2.22. The van der Waals surface area contributed by atoms with E-state index in [0.717, 1.165) is 4.90 Å². The van der Waals surface area contributed by atoms with Gasteiger partial charge in [0, 0.05) is 17.0 Å². The summed E-state index contributed by atoms with van der Waals surface area (Å²) in [5, 5.41) is 4.11. The highest BCUT2D eigenvalue weighted by atomic mass is 32.2. The third-order valence-electron chi connectivity index (χ3n) is 4.68. The van der Waals surface area contributed by atoms with Crippen molar-refractivity contribution < 1.29 is 22.4 Å². The number of hydrogen-bond acceptors (Lipinski definition) is 5. The second-order valence-corrected chi connectivity index (χ2v) is 10.7. The number of amides is 2. The van der Waals surface area contributed by atoms with Crippen LogP contribution in [0.3, 0.4) is 0 Å². The molecule has 6 nitrogen and oxygen atoms in total.